The zero-order chi connectivity index (χ0) is 42.4. The topological polar surface area (TPSA) is 195 Å². The van der Waals surface area contributed by atoms with Crippen molar-refractivity contribution in [3.63, 3.8) is 0 Å². The van der Waals surface area contributed by atoms with Gasteiger partial charge in [-0.05, 0) is 86.7 Å². The number of fused-ring (bicyclic) bond motifs is 18. The van der Waals surface area contributed by atoms with Crippen LogP contribution < -0.4 is 35.5 Å². The summed E-state index contributed by atoms with van der Waals surface area (Å²) in [5.74, 6) is -0.799. The van der Waals surface area contributed by atoms with Crippen molar-refractivity contribution in [1.29, 1.82) is 0 Å². The Morgan fingerprint density at radius 3 is 2.37 bits per heavy atom. The molecular weight excluding hydrogens is 769 g/mol. The van der Waals surface area contributed by atoms with Crippen LogP contribution in [0.2, 0.25) is 0 Å². The molecule has 2 aliphatic rings. The monoisotopic (exact) mass is 816 g/mol. The third-order valence-electron chi connectivity index (χ3n) is 9.91. The van der Waals surface area contributed by atoms with Gasteiger partial charge < -0.3 is 40.4 Å². The zero-order valence-corrected chi connectivity index (χ0v) is 33.7. The Labute approximate surface area is 347 Å². The van der Waals surface area contributed by atoms with Gasteiger partial charge in [0.05, 0.1) is 20.8 Å². The van der Waals surface area contributed by atoms with E-state index in [1.807, 2.05) is 30.3 Å². The molecule has 2 aliphatic heterocycles. The van der Waals surface area contributed by atoms with Gasteiger partial charge in [0.15, 0.2) is 11.5 Å². The average Bonchev–Trinajstić information content (AvgIpc) is 3.82. The van der Waals surface area contributed by atoms with E-state index in [9.17, 15) is 24.0 Å². The van der Waals surface area contributed by atoms with E-state index in [1.165, 1.54) is 31.8 Å². The second kappa shape index (κ2) is 20.5. The molecule has 0 aliphatic carbocycles. The summed E-state index contributed by atoms with van der Waals surface area (Å²) >= 11 is 0. The van der Waals surface area contributed by atoms with E-state index in [0.29, 0.717) is 64.6 Å². The van der Waals surface area contributed by atoms with Gasteiger partial charge in [-0.2, -0.15) is 0 Å². The first-order valence-corrected chi connectivity index (χ1v) is 19.6. The van der Waals surface area contributed by atoms with Crippen molar-refractivity contribution in [2.24, 2.45) is 0 Å². The molecule has 5 aromatic rings. The predicted molar refractivity (Wildman–Crippen MR) is 221 cm³/mol. The van der Waals surface area contributed by atoms with Gasteiger partial charge in [-0.25, -0.2) is 0 Å². The molecule has 4 aromatic carbocycles. The minimum absolute atomic E-state index is 0.0711. The summed E-state index contributed by atoms with van der Waals surface area (Å²) in [5.41, 5.74) is 2.91. The fraction of sp³-hybridized carbons (Fsp3) is 0.295. The van der Waals surface area contributed by atoms with Crippen LogP contribution in [0.1, 0.15) is 58.0 Å². The Bertz CT molecular complexity index is 2290. The maximum absolute atomic E-state index is 14.1. The van der Waals surface area contributed by atoms with Crippen LogP contribution in [0.3, 0.4) is 0 Å². The number of nitrogens with zero attached hydrogens (tertiary/aromatic N) is 4. The van der Waals surface area contributed by atoms with Gasteiger partial charge >= 0.3 is 0 Å². The summed E-state index contributed by atoms with van der Waals surface area (Å²) in [6.45, 7) is 1.72. The van der Waals surface area contributed by atoms with E-state index in [2.05, 4.69) is 31.5 Å². The van der Waals surface area contributed by atoms with Crippen LogP contribution in [0.4, 0.5) is 0 Å². The lowest BCUT2D eigenvalue weighted by molar-refractivity contribution is -0.132. The molecule has 312 valence electrons. The maximum atomic E-state index is 14.1. The third kappa shape index (κ3) is 11.2. The molecule has 16 nitrogen and oxygen atoms in total. The number of carbonyl (C=O) groups excluding carboxylic acids is 5. The molecule has 60 heavy (non-hydrogen) atoms. The Kier molecular flexibility index (Phi) is 14.4. The minimum Gasteiger partial charge on any atom is -0.496 e. The molecule has 0 fully saturated rings. The van der Waals surface area contributed by atoms with Gasteiger partial charge in [0, 0.05) is 48.1 Å². The number of hydrogen-bond donors (Lipinski definition) is 4. The first-order valence-electron chi connectivity index (χ1n) is 19.6. The SMILES string of the molecule is COc1cc2ccc1CNC(=O)[C@H](C)NC(=O)[C@H](CCc1ccccc1)NC(=O)CN(C(=O)c1cccc(-n3cnnc3)c1)CCCCNC(=O)c1ccc(OC)c(c1)O2. The van der Waals surface area contributed by atoms with Gasteiger partial charge in [-0.15, -0.1) is 10.2 Å². The Morgan fingerprint density at radius 1 is 0.817 bits per heavy atom. The van der Waals surface area contributed by atoms with Crippen LogP contribution in [0.25, 0.3) is 5.69 Å². The highest BCUT2D eigenvalue weighted by Crippen LogP contribution is 2.35. The number of ether oxygens (including phenoxy) is 3. The van der Waals surface area contributed by atoms with Crippen molar-refractivity contribution >= 4 is 29.5 Å². The number of methoxy groups -OCH3 is 2. The summed E-state index contributed by atoms with van der Waals surface area (Å²) in [7, 11) is 2.99. The molecule has 2 atom stereocenters. The van der Waals surface area contributed by atoms with Gasteiger partial charge in [0.1, 0.15) is 36.2 Å². The van der Waals surface area contributed by atoms with Crippen molar-refractivity contribution in [2.75, 3.05) is 33.9 Å². The van der Waals surface area contributed by atoms with E-state index < -0.39 is 35.7 Å². The fourth-order valence-corrected chi connectivity index (χ4v) is 6.61. The number of carbonyl (C=O) groups is 5. The maximum Gasteiger partial charge on any atom is 0.254 e. The lowest BCUT2D eigenvalue weighted by Gasteiger charge is -2.25. The molecule has 5 amide bonds. The lowest BCUT2D eigenvalue weighted by Crippen LogP contribution is -2.54. The molecule has 0 spiro atoms. The quantitative estimate of drug-likeness (QED) is 0.175. The van der Waals surface area contributed by atoms with Crippen molar-refractivity contribution in [3.8, 4) is 28.7 Å². The largest absolute Gasteiger partial charge is 0.496 e. The highest BCUT2D eigenvalue weighted by atomic mass is 16.5. The first kappa shape index (κ1) is 42.4. The molecule has 0 saturated heterocycles. The summed E-state index contributed by atoms with van der Waals surface area (Å²) in [5, 5.41) is 19.0. The molecule has 3 heterocycles. The van der Waals surface area contributed by atoms with Gasteiger partial charge in [-0.1, -0.05) is 36.4 Å². The van der Waals surface area contributed by atoms with Crippen LogP contribution in [0.15, 0.2) is 104 Å². The summed E-state index contributed by atoms with van der Waals surface area (Å²) in [4.78, 5) is 69.8. The number of amides is 5. The molecular formula is C44H48N8O8. The number of aromatic nitrogens is 3. The zero-order valence-electron chi connectivity index (χ0n) is 33.7. The second-order valence-electron chi connectivity index (χ2n) is 14.1. The fourth-order valence-electron chi connectivity index (χ4n) is 6.61. The predicted octanol–water partition coefficient (Wildman–Crippen LogP) is 3.98. The van der Waals surface area contributed by atoms with E-state index in [4.69, 9.17) is 14.2 Å². The highest BCUT2D eigenvalue weighted by Gasteiger charge is 2.27. The number of hydrogen-bond acceptors (Lipinski definition) is 10. The molecule has 4 bridgehead atoms. The van der Waals surface area contributed by atoms with Crippen LogP contribution in [0, 0.1) is 0 Å². The molecule has 16 heteroatoms. The number of nitrogens with one attached hydrogen (secondary N) is 4. The molecule has 1 aromatic heterocycles. The molecule has 0 unspecified atom stereocenters. The van der Waals surface area contributed by atoms with Gasteiger partial charge in [0.25, 0.3) is 11.8 Å². The Hall–Kier alpha value is -7.23. The van der Waals surface area contributed by atoms with Gasteiger partial charge in [0.2, 0.25) is 17.7 Å². The highest BCUT2D eigenvalue weighted by molar-refractivity contribution is 5.98. The second-order valence-corrected chi connectivity index (χ2v) is 14.1. The molecule has 0 saturated carbocycles. The minimum atomic E-state index is -1.03. The van der Waals surface area contributed by atoms with E-state index >= 15 is 0 Å². The van der Waals surface area contributed by atoms with Crippen molar-refractivity contribution in [1.82, 2.24) is 40.9 Å². The normalized spacial score (nSPS) is 17.1. The smallest absolute Gasteiger partial charge is 0.254 e. The first-order chi connectivity index (χ1) is 29.1. The van der Waals surface area contributed by atoms with E-state index in [0.717, 1.165) is 5.56 Å². The van der Waals surface area contributed by atoms with Crippen molar-refractivity contribution < 1.29 is 38.2 Å². The standard InChI is InChI=1S/C44H48N8O8/c1-29-41(54)46-25-33-15-17-35(24-38(33)59-3)60-39-23-31(16-19-37(39)58-2)42(55)45-20-7-8-21-51(44(57)32-12-9-13-34(22-32)52-27-47-48-28-52)26-40(53)50-36(43(56)49-29)18-14-30-10-5-4-6-11-30/h4-6,9-13,15-17,19,22-24,27-29,36H,7-8,14,18,20-21,25-26H2,1-3H3,(H,45,55)(H,46,54)(H,49,56)(H,50,53)/t29-,36-/m0/s1. The van der Waals surface area contributed by atoms with Crippen LogP contribution in [0.5, 0.6) is 23.0 Å². The number of aryl methyl sites for hydroxylation is 1. The number of rotatable bonds is 7. The molecule has 0 radical (unpaired) electrons. The summed E-state index contributed by atoms with van der Waals surface area (Å²) in [6.07, 6.45) is 4.62. The van der Waals surface area contributed by atoms with Crippen LogP contribution in [-0.4, -0.2) is 95.1 Å². The molecule has 7 rings (SSSR count). The average molecular weight is 817 g/mol. The Morgan fingerprint density at radius 2 is 1.60 bits per heavy atom. The molecule has 4 N–H and O–H groups in total. The number of benzene rings is 4. The summed E-state index contributed by atoms with van der Waals surface area (Å²) < 4.78 is 18.9. The summed E-state index contributed by atoms with van der Waals surface area (Å²) in [6, 6.07) is 24.3. The lowest BCUT2D eigenvalue weighted by atomic mass is 10.0. The van der Waals surface area contributed by atoms with Gasteiger partial charge in [-0.3, -0.25) is 28.5 Å². The van der Waals surface area contributed by atoms with Crippen molar-refractivity contribution in [3.05, 3.63) is 126 Å². The third-order valence-corrected chi connectivity index (χ3v) is 9.91. The van der Waals surface area contributed by atoms with Crippen LogP contribution >= 0.6 is 0 Å². The van der Waals surface area contributed by atoms with E-state index in [-0.39, 0.29) is 38.5 Å². The Balaban J connectivity index is 1.26. The van der Waals surface area contributed by atoms with Crippen molar-refractivity contribution in [2.45, 2.75) is 51.2 Å². The van der Waals surface area contributed by atoms with E-state index in [1.54, 1.807) is 72.2 Å². The van der Waals surface area contributed by atoms with Crippen LogP contribution in [-0.2, 0) is 27.3 Å².